The molecule has 1 aliphatic rings. The van der Waals surface area contributed by atoms with Crippen molar-refractivity contribution >= 4 is 53.3 Å². The van der Waals surface area contributed by atoms with Gasteiger partial charge in [0, 0.05) is 19.5 Å². The molecule has 0 aromatic heterocycles. The molecular formula is C32H57N11O12. The molecule has 0 spiro atoms. The zero-order valence-corrected chi connectivity index (χ0v) is 31.2. The number of amides is 7. The Morgan fingerprint density at radius 2 is 1.36 bits per heavy atom. The van der Waals surface area contributed by atoms with E-state index in [1.54, 1.807) is 13.8 Å². The summed E-state index contributed by atoms with van der Waals surface area (Å²) < 4.78 is 0. The number of primary amides is 1. The lowest BCUT2D eigenvalue weighted by Crippen LogP contribution is -2.61. The van der Waals surface area contributed by atoms with E-state index >= 15 is 0 Å². The van der Waals surface area contributed by atoms with E-state index in [4.69, 9.17) is 22.9 Å². The molecule has 17 N–H and O–H groups in total. The van der Waals surface area contributed by atoms with Crippen molar-refractivity contribution in [1.82, 2.24) is 31.5 Å². The van der Waals surface area contributed by atoms with Gasteiger partial charge in [-0.25, -0.2) is 4.79 Å². The third-order valence-corrected chi connectivity index (χ3v) is 8.44. The molecule has 23 nitrogen and oxygen atoms in total. The maximum absolute atomic E-state index is 13.9. The zero-order chi connectivity index (χ0) is 42.0. The summed E-state index contributed by atoms with van der Waals surface area (Å²) in [6.07, 6.45) is -1.67. The average Bonchev–Trinajstić information content (AvgIpc) is 3.60. The molecule has 1 aliphatic heterocycles. The first-order valence-electron chi connectivity index (χ1n) is 17.8. The SMILES string of the molecule is CC(C)C[C@H](NC(=O)[C@H](CO)NC(=O)[C@@H](NC(=O)[C@@H]1CCCN1C(=O)[C@H](CCC(N)=O)NC(=O)[C@H](CCCN=C(N)N)NC(=O)[C@@H](N)CO)[C@@H](C)O)C(=O)O. The van der Waals surface area contributed by atoms with Crippen molar-refractivity contribution in [2.75, 3.05) is 26.3 Å². The summed E-state index contributed by atoms with van der Waals surface area (Å²) in [7, 11) is 0. The molecule has 312 valence electrons. The normalized spacial score (nSPS) is 17.7. The van der Waals surface area contributed by atoms with E-state index in [1.807, 2.05) is 0 Å². The fourth-order valence-corrected chi connectivity index (χ4v) is 5.53. The number of hydrogen-bond acceptors (Lipinski definition) is 13. The number of aliphatic hydroxyl groups excluding tert-OH is 3. The number of carboxylic acids is 1. The average molecular weight is 788 g/mol. The van der Waals surface area contributed by atoms with Crippen LogP contribution in [0.15, 0.2) is 4.99 Å². The number of nitrogens with one attached hydrogen (secondary N) is 5. The third kappa shape index (κ3) is 16.4. The van der Waals surface area contributed by atoms with Crippen LogP contribution in [0.1, 0.15) is 65.7 Å². The molecule has 1 saturated heterocycles. The number of hydrogen-bond donors (Lipinski definition) is 13. The number of aliphatic imine (C=N–C) groups is 1. The number of likely N-dealkylation sites (tertiary alicyclic amines) is 1. The van der Waals surface area contributed by atoms with Crippen LogP contribution in [0.25, 0.3) is 0 Å². The Hall–Kier alpha value is -5.13. The van der Waals surface area contributed by atoms with Gasteiger partial charge in [0.15, 0.2) is 5.96 Å². The minimum absolute atomic E-state index is 0.00329. The Morgan fingerprint density at radius 3 is 1.89 bits per heavy atom. The Balaban J connectivity index is 3.22. The van der Waals surface area contributed by atoms with Gasteiger partial charge in [-0.05, 0) is 51.4 Å². The Morgan fingerprint density at radius 1 is 0.782 bits per heavy atom. The predicted molar refractivity (Wildman–Crippen MR) is 194 cm³/mol. The fourth-order valence-electron chi connectivity index (χ4n) is 5.53. The number of aliphatic carboxylic acids is 1. The largest absolute Gasteiger partial charge is 0.480 e. The van der Waals surface area contributed by atoms with E-state index in [0.29, 0.717) is 6.42 Å². The lowest BCUT2D eigenvalue weighted by Gasteiger charge is -2.31. The first kappa shape index (κ1) is 47.9. The lowest BCUT2D eigenvalue weighted by molar-refractivity contribution is -0.144. The van der Waals surface area contributed by atoms with Gasteiger partial charge in [-0.15, -0.1) is 0 Å². The zero-order valence-electron chi connectivity index (χ0n) is 31.2. The van der Waals surface area contributed by atoms with Crippen molar-refractivity contribution < 1.29 is 58.8 Å². The molecule has 1 heterocycles. The molecule has 55 heavy (non-hydrogen) atoms. The van der Waals surface area contributed by atoms with Crippen molar-refractivity contribution in [3.05, 3.63) is 0 Å². The standard InChI is InChI=1S/C32H57N11O12/c1-15(2)12-20(31(54)55)40-27(50)21(14-45)41-29(52)24(16(3)46)42-28(51)22-7-5-11-43(22)30(53)19(8-9-23(34)47)39-26(49)18(6-4-10-37-32(35)36)38-25(48)17(33)13-44/h15-22,24,44-46H,4-14,33H2,1-3H3,(H2,34,47)(H,38,48)(H,39,49)(H,40,50)(H,41,52)(H,42,51)(H,54,55)(H4,35,36,37)/t16-,17+,18+,19+,20+,21+,22+,24+/m1/s1. The van der Waals surface area contributed by atoms with Gasteiger partial charge in [0.2, 0.25) is 41.4 Å². The predicted octanol–water partition coefficient (Wildman–Crippen LogP) is -6.46. The molecule has 1 fully saturated rings. The van der Waals surface area contributed by atoms with E-state index in [2.05, 4.69) is 31.6 Å². The lowest BCUT2D eigenvalue weighted by atomic mass is 10.0. The minimum atomic E-state index is -1.71. The van der Waals surface area contributed by atoms with Crippen LogP contribution in [0.5, 0.6) is 0 Å². The van der Waals surface area contributed by atoms with Gasteiger partial charge in [-0.1, -0.05) is 13.8 Å². The topological polar surface area (TPSA) is 397 Å². The number of carbonyl (C=O) groups excluding carboxylic acids is 7. The van der Waals surface area contributed by atoms with Crippen LogP contribution in [0, 0.1) is 5.92 Å². The van der Waals surface area contributed by atoms with Crippen molar-refractivity contribution in [2.24, 2.45) is 33.8 Å². The first-order chi connectivity index (χ1) is 25.7. The van der Waals surface area contributed by atoms with Gasteiger partial charge in [-0.3, -0.25) is 38.6 Å². The highest BCUT2D eigenvalue weighted by atomic mass is 16.4. The summed E-state index contributed by atoms with van der Waals surface area (Å²) in [5.74, 6) is -8.07. The van der Waals surface area contributed by atoms with Crippen LogP contribution in [0.4, 0.5) is 0 Å². The number of nitrogens with zero attached hydrogens (tertiary/aromatic N) is 2. The van der Waals surface area contributed by atoms with Gasteiger partial charge in [0.05, 0.1) is 19.3 Å². The van der Waals surface area contributed by atoms with Crippen LogP contribution in [-0.4, -0.2) is 153 Å². The Kier molecular flexibility index (Phi) is 20.6. The molecule has 0 radical (unpaired) electrons. The highest BCUT2D eigenvalue weighted by molar-refractivity contribution is 5.97. The summed E-state index contributed by atoms with van der Waals surface area (Å²) in [5, 5.41) is 50.6. The maximum atomic E-state index is 13.9. The minimum Gasteiger partial charge on any atom is -0.480 e. The highest BCUT2D eigenvalue weighted by Crippen LogP contribution is 2.20. The van der Waals surface area contributed by atoms with Crippen LogP contribution >= 0.6 is 0 Å². The maximum Gasteiger partial charge on any atom is 0.326 e. The van der Waals surface area contributed by atoms with Crippen LogP contribution in [0.3, 0.4) is 0 Å². The molecule has 8 atom stereocenters. The van der Waals surface area contributed by atoms with Gasteiger partial charge in [0.1, 0.15) is 42.3 Å². The molecule has 0 aromatic rings. The smallest absolute Gasteiger partial charge is 0.326 e. The Bertz CT molecular complexity index is 1390. The molecular weight excluding hydrogens is 730 g/mol. The van der Waals surface area contributed by atoms with Gasteiger partial charge in [-0.2, -0.15) is 0 Å². The van der Waals surface area contributed by atoms with Crippen molar-refractivity contribution in [1.29, 1.82) is 0 Å². The van der Waals surface area contributed by atoms with Gasteiger partial charge < -0.3 is 74.8 Å². The molecule has 0 unspecified atom stereocenters. The Labute approximate surface area is 317 Å². The van der Waals surface area contributed by atoms with Crippen LogP contribution in [0.2, 0.25) is 0 Å². The second-order valence-corrected chi connectivity index (χ2v) is 13.6. The van der Waals surface area contributed by atoms with E-state index in [9.17, 15) is 58.8 Å². The number of nitrogens with two attached hydrogens (primary N) is 4. The number of guanidine groups is 1. The van der Waals surface area contributed by atoms with Crippen molar-refractivity contribution in [3.63, 3.8) is 0 Å². The number of rotatable bonds is 24. The summed E-state index contributed by atoms with van der Waals surface area (Å²) in [4.78, 5) is 108. The molecule has 23 heteroatoms. The second-order valence-electron chi connectivity index (χ2n) is 13.6. The molecule has 0 aliphatic carbocycles. The molecule has 0 bridgehead atoms. The van der Waals surface area contributed by atoms with E-state index in [0.717, 1.165) is 11.8 Å². The quantitative estimate of drug-likeness (QED) is 0.0246. The summed E-state index contributed by atoms with van der Waals surface area (Å²) in [6.45, 7) is 3.02. The van der Waals surface area contributed by atoms with E-state index < -0.39 is 109 Å². The van der Waals surface area contributed by atoms with E-state index in [1.165, 1.54) is 0 Å². The molecule has 7 amide bonds. The molecule has 0 aromatic carbocycles. The van der Waals surface area contributed by atoms with Gasteiger partial charge >= 0.3 is 5.97 Å². The second kappa shape index (κ2) is 23.6. The number of carboxylic acid groups (broad SMARTS) is 1. The summed E-state index contributed by atoms with van der Waals surface area (Å²) in [6, 6.07) is -10.0. The fraction of sp³-hybridized carbons (Fsp3) is 0.719. The van der Waals surface area contributed by atoms with E-state index in [-0.39, 0.29) is 63.5 Å². The summed E-state index contributed by atoms with van der Waals surface area (Å²) >= 11 is 0. The van der Waals surface area contributed by atoms with Gasteiger partial charge in [0.25, 0.3) is 0 Å². The molecule has 1 rings (SSSR count). The monoisotopic (exact) mass is 787 g/mol. The highest BCUT2D eigenvalue weighted by Gasteiger charge is 2.40. The van der Waals surface area contributed by atoms with Crippen molar-refractivity contribution in [3.8, 4) is 0 Å². The number of carbonyl (C=O) groups is 8. The molecule has 0 saturated carbocycles. The summed E-state index contributed by atoms with van der Waals surface area (Å²) in [5.41, 5.74) is 21.6. The van der Waals surface area contributed by atoms with Crippen LogP contribution < -0.4 is 49.5 Å². The van der Waals surface area contributed by atoms with Crippen molar-refractivity contribution in [2.45, 2.75) is 114 Å². The first-order valence-corrected chi connectivity index (χ1v) is 17.8. The third-order valence-electron chi connectivity index (χ3n) is 8.44. The number of aliphatic hydroxyl groups is 3. The van der Waals surface area contributed by atoms with Crippen LogP contribution in [-0.2, 0) is 38.4 Å².